The van der Waals surface area contributed by atoms with Gasteiger partial charge in [-0.25, -0.2) is 0 Å². The topological polar surface area (TPSA) is 166 Å². The maximum absolute atomic E-state index is 16.2. The number of nitrogens with one attached hydrogen (secondary N) is 1. The Kier molecular flexibility index (Phi) is 16.5. The number of amides is 2. The largest absolute Gasteiger partial charge is 0.460 e. The van der Waals surface area contributed by atoms with Crippen LogP contribution in [0.1, 0.15) is 175 Å². The number of carbonyl (C=O) groups excluding carboxylic acids is 4. The summed E-state index contributed by atoms with van der Waals surface area (Å²) in [5.74, 6) is -1.78. The van der Waals surface area contributed by atoms with E-state index < -0.39 is 89.7 Å². The standard InChI is InChI=1S/C61H87N3O11/c1-10-12-17-29-60(30-18-13-11-2)73-50-47-36-61(56(69)63(9)46(34-39-20-15-14-16-21-39)54(67)62-43(38-65)25-27-49(66)72-57(3,4)5)52(55(68)70-47)64(75-53(61)51(50)74-60)37-41-23-19-22-40(32-41)33-42-24-26-48-59(8,71-48)31-28-45-44(42)35-58(45,6)7/h14-16,19-23,32-33,43-48,50-53,65H,10-13,17-18,24-31,34-38H2,1-9H3,(H,62,67). The van der Waals surface area contributed by atoms with E-state index in [1.807, 2.05) is 36.4 Å². The van der Waals surface area contributed by atoms with Gasteiger partial charge in [0.25, 0.3) is 0 Å². The second-order valence-electron chi connectivity index (χ2n) is 25.2. The van der Waals surface area contributed by atoms with Crippen molar-refractivity contribution in [1.82, 2.24) is 15.3 Å². The van der Waals surface area contributed by atoms with Crippen molar-refractivity contribution in [2.75, 3.05) is 13.7 Å². The Morgan fingerprint density at radius 1 is 0.920 bits per heavy atom. The predicted molar refractivity (Wildman–Crippen MR) is 284 cm³/mol. The van der Waals surface area contributed by atoms with Crippen LogP contribution in [0.25, 0.3) is 6.08 Å². The van der Waals surface area contributed by atoms with E-state index in [0.717, 1.165) is 80.9 Å². The molecule has 4 aliphatic heterocycles. The van der Waals surface area contributed by atoms with E-state index in [1.54, 1.807) is 32.9 Å². The Balaban J connectivity index is 1.05. The lowest BCUT2D eigenvalue weighted by Gasteiger charge is -2.53. The fourth-order valence-corrected chi connectivity index (χ4v) is 14.0. The third kappa shape index (κ3) is 11.7. The molecule has 2 bridgehead atoms. The molecule has 12 atom stereocenters. The molecule has 14 nitrogen and oxygen atoms in total. The van der Waals surface area contributed by atoms with Gasteiger partial charge in [-0.05, 0) is 113 Å². The maximum atomic E-state index is 16.2. The Hall–Kier alpha value is -4.18. The second kappa shape index (κ2) is 22.3. The summed E-state index contributed by atoms with van der Waals surface area (Å²) in [6, 6.07) is 14.8. The Morgan fingerprint density at radius 3 is 2.31 bits per heavy atom. The van der Waals surface area contributed by atoms with E-state index in [0.29, 0.717) is 30.8 Å². The molecule has 412 valence electrons. The molecule has 12 unspecified atom stereocenters. The van der Waals surface area contributed by atoms with Crippen molar-refractivity contribution in [2.45, 2.75) is 237 Å². The van der Waals surface area contributed by atoms with Crippen LogP contribution in [-0.2, 0) is 60.7 Å². The predicted octanol–water partition coefficient (Wildman–Crippen LogP) is 9.57. The van der Waals surface area contributed by atoms with Gasteiger partial charge < -0.3 is 39.0 Å². The molecule has 2 aromatic carbocycles. The van der Waals surface area contributed by atoms with Gasteiger partial charge in [0, 0.05) is 39.2 Å². The van der Waals surface area contributed by atoms with Gasteiger partial charge in [0.1, 0.15) is 41.5 Å². The number of allylic oxidation sites excluding steroid dienone is 1. The number of hydrogen-bond acceptors (Lipinski definition) is 12. The van der Waals surface area contributed by atoms with E-state index in [9.17, 15) is 19.5 Å². The molecule has 0 radical (unpaired) electrons. The number of hydroxylamine groups is 2. The van der Waals surface area contributed by atoms with Crippen molar-refractivity contribution in [3.8, 4) is 0 Å². The number of likely N-dealkylation sites (N-methyl/N-ethyl adjacent to an activating group) is 1. The van der Waals surface area contributed by atoms with E-state index in [2.05, 4.69) is 64.2 Å². The molecule has 4 heterocycles. The monoisotopic (exact) mass is 1040 g/mol. The number of aliphatic hydroxyl groups is 1. The molecule has 7 aliphatic rings. The second-order valence-corrected chi connectivity index (χ2v) is 25.2. The summed E-state index contributed by atoms with van der Waals surface area (Å²) >= 11 is 0. The van der Waals surface area contributed by atoms with Crippen molar-refractivity contribution in [2.24, 2.45) is 22.7 Å². The molecule has 4 saturated heterocycles. The lowest BCUT2D eigenvalue weighted by Crippen LogP contribution is -2.70. The van der Waals surface area contributed by atoms with Crippen LogP contribution in [0.5, 0.6) is 0 Å². The average Bonchev–Trinajstić information content (AvgIpc) is 3.64. The van der Waals surface area contributed by atoms with E-state index in [1.165, 1.54) is 16.9 Å². The van der Waals surface area contributed by atoms with Crippen LogP contribution in [0.3, 0.4) is 0 Å². The minimum Gasteiger partial charge on any atom is -0.460 e. The summed E-state index contributed by atoms with van der Waals surface area (Å²) in [4.78, 5) is 67.3. The van der Waals surface area contributed by atoms with Gasteiger partial charge in [0.2, 0.25) is 11.8 Å². The van der Waals surface area contributed by atoms with Gasteiger partial charge in [-0.1, -0.05) is 120 Å². The van der Waals surface area contributed by atoms with Crippen molar-refractivity contribution >= 4 is 29.8 Å². The first-order valence-corrected chi connectivity index (χ1v) is 28.6. The number of unbranched alkanes of at least 4 members (excludes halogenated alkanes) is 4. The molecule has 0 spiro atoms. The lowest BCUT2D eigenvalue weighted by molar-refractivity contribution is -0.225. The van der Waals surface area contributed by atoms with Crippen molar-refractivity contribution < 1.29 is 52.8 Å². The molecule has 3 saturated carbocycles. The zero-order chi connectivity index (χ0) is 53.5. The smallest absolute Gasteiger partial charge is 0.327 e. The minimum atomic E-state index is -1.53. The van der Waals surface area contributed by atoms with Gasteiger partial charge in [0.15, 0.2) is 11.8 Å². The fraction of sp³-hybridized carbons (Fsp3) is 0.705. The van der Waals surface area contributed by atoms with E-state index in [-0.39, 0.29) is 43.2 Å². The summed E-state index contributed by atoms with van der Waals surface area (Å²) < 4.78 is 32.5. The first-order chi connectivity index (χ1) is 35.7. The van der Waals surface area contributed by atoms with Gasteiger partial charge in [-0.2, -0.15) is 5.06 Å². The van der Waals surface area contributed by atoms with Crippen LogP contribution < -0.4 is 5.32 Å². The third-order valence-corrected chi connectivity index (χ3v) is 18.1. The number of esters is 2. The highest BCUT2D eigenvalue weighted by molar-refractivity contribution is 5.96. The van der Waals surface area contributed by atoms with E-state index >= 15 is 4.79 Å². The molecule has 14 heteroatoms. The Bertz CT molecular complexity index is 2390. The molecule has 9 rings (SSSR count). The first-order valence-electron chi connectivity index (χ1n) is 28.6. The summed E-state index contributed by atoms with van der Waals surface area (Å²) in [6.45, 7) is 16.5. The Labute approximate surface area is 446 Å². The van der Waals surface area contributed by atoms with Crippen molar-refractivity contribution in [3.63, 3.8) is 0 Å². The van der Waals surface area contributed by atoms with Crippen molar-refractivity contribution in [3.05, 3.63) is 76.9 Å². The average molecular weight is 1040 g/mol. The molecular formula is C61H87N3O11. The third-order valence-electron chi connectivity index (χ3n) is 18.1. The molecule has 7 fully saturated rings. The number of carbonyl (C=O) groups is 4. The quantitative estimate of drug-likeness (QED) is 0.0692. The molecule has 3 aliphatic carbocycles. The summed E-state index contributed by atoms with van der Waals surface area (Å²) in [5.41, 5.74) is 2.33. The SMILES string of the molecule is CCCCCC1(CCCCC)OC2C3CC4(C(=O)N(C)C(Cc5ccccc5)C(=O)NC(CO)CCC(=O)OC(C)(C)C)C(ON(Cc5cccc(C=C6CCC7OC7(C)CCC7C6CC7(C)C)c5)C4C(=O)O3)C2O1. The zero-order valence-electron chi connectivity index (χ0n) is 46.4. The van der Waals surface area contributed by atoms with Gasteiger partial charge in [0.05, 0.1) is 30.9 Å². The van der Waals surface area contributed by atoms with Gasteiger partial charge >= 0.3 is 11.9 Å². The molecule has 2 N–H and O–H groups in total. The lowest BCUT2D eigenvalue weighted by atomic mass is 9.52. The van der Waals surface area contributed by atoms with E-state index in [4.69, 9.17) is 28.5 Å². The van der Waals surface area contributed by atoms with Crippen LogP contribution in [0, 0.1) is 22.7 Å². The first kappa shape index (κ1) is 55.6. The normalized spacial score (nSPS) is 32.5. The zero-order valence-corrected chi connectivity index (χ0v) is 46.4. The molecule has 2 aromatic rings. The highest BCUT2D eigenvalue weighted by atomic mass is 16.8. The number of hydrogen-bond donors (Lipinski definition) is 2. The Morgan fingerprint density at radius 2 is 1.63 bits per heavy atom. The highest BCUT2D eigenvalue weighted by Gasteiger charge is 2.77. The number of ether oxygens (including phenoxy) is 5. The molecule has 0 aromatic heterocycles. The maximum Gasteiger partial charge on any atom is 0.327 e. The highest BCUT2D eigenvalue weighted by Crippen LogP contribution is 2.61. The molecule has 75 heavy (non-hydrogen) atoms. The van der Waals surface area contributed by atoms with Crippen LogP contribution in [0.4, 0.5) is 0 Å². The summed E-state index contributed by atoms with van der Waals surface area (Å²) in [6.07, 6.45) is 12.5. The minimum absolute atomic E-state index is 0.00370. The number of benzene rings is 2. The summed E-state index contributed by atoms with van der Waals surface area (Å²) in [7, 11) is 1.62. The number of rotatable bonds is 21. The van der Waals surface area contributed by atoms with Crippen LogP contribution >= 0.6 is 0 Å². The molecule has 2 amide bonds. The van der Waals surface area contributed by atoms with Crippen molar-refractivity contribution in [1.29, 1.82) is 0 Å². The van der Waals surface area contributed by atoms with Crippen LogP contribution in [0.2, 0.25) is 0 Å². The van der Waals surface area contributed by atoms with Crippen LogP contribution in [-0.4, -0.2) is 118 Å². The number of epoxide rings is 1. The van der Waals surface area contributed by atoms with Gasteiger partial charge in [-0.3, -0.25) is 24.0 Å². The fourth-order valence-electron chi connectivity index (χ4n) is 14.0. The number of aliphatic hydroxyl groups excluding tert-OH is 1. The summed E-state index contributed by atoms with van der Waals surface area (Å²) in [5, 5.41) is 15.1. The van der Waals surface area contributed by atoms with Crippen LogP contribution in [0.15, 0.2) is 60.2 Å². The number of nitrogens with zero attached hydrogens (tertiary/aromatic N) is 2. The number of fused-ring (bicyclic) bond motifs is 6. The van der Waals surface area contributed by atoms with Gasteiger partial charge in [-0.15, -0.1) is 0 Å². The molecular weight excluding hydrogens is 951 g/mol.